The quantitative estimate of drug-likeness (QED) is 0.115. The molecule has 0 atom stereocenters. The van der Waals surface area contributed by atoms with E-state index in [0.29, 0.717) is 15.7 Å². The molecule has 1 N–H and O–H groups in total. The number of nitrogens with zero attached hydrogens (tertiary/aromatic N) is 3. The minimum absolute atomic E-state index is 0.0504. The zero-order valence-corrected chi connectivity index (χ0v) is 21.7. The van der Waals surface area contributed by atoms with Crippen LogP contribution in [0.15, 0.2) is 38.0 Å². The fourth-order valence-electron chi connectivity index (χ4n) is 1.83. The molecule has 29 heavy (non-hydrogen) atoms. The van der Waals surface area contributed by atoms with Crippen LogP contribution in [0, 0.1) is 0 Å². The van der Waals surface area contributed by atoms with E-state index in [-0.39, 0.29) is 5.56 Å². The van der Waals surface area contributed by atoms with Crippen molar-refractivity contribution in [3.63, 3.8) is 0 Å². The molecule has 4 aromatic heterocycles. The van der Waals surface area contributed by atoms with E-state index in [4.69, 9.17) is 11.6 Å². The van der Waals surface area contributed by atoms with E-state index in [1.165, 1.54) is 34.9 Å². The van der Waals surface area contributed by atoms with Gasteiger partial charge in [-0.3, -0.25) is 9.36 Å². The van der Waals surface area contributed by atoms with Gasteiger partial charge in [-0.1, -0.05) is 35.1 Å². The molecule has 0 aliphatic rings. The van der Waals surface area contributed by atoms with Crippen molar-refractivity contribution in [3.8, 4) is 0 Å². The van der Waals surface area contributed by atoms with Crippen LogP contribution in [0.4, 0.5) is 0 Å². The van der Waals surface area contributed by atoms with Crippen molar-refractivity contribution in [3.05, 3.63) is 38.4 Å². The maximum atomic E-state index is 11.3. The number of thioether (sulfide) groups is 2. The topological polar surface area (TPSA) is 88.6 Å². The maximum absolute atomic E-state index is 11.3. The molecule has 0 spiro atoms. The van der Waals surface area contributed by atoms with Crippen LogP contribution in [0.3, 0.4) is 0 Å². The van der Waals surface area contributed by atoms with E-state index in [1.54, 1.807) is 17.4 Å². The highest BCUT2D eigenvalue weighted by Gasteiger charge is 2.05. The molecule has 6 nitrogen and oxygen atoms in total. The van der Waals surface area contributed by atoms with Crippen molar-refractivity contribution in [2.75, 3.05) is 12.5 Å². The van der Waals surface area contributed by atoms with Gasteiger partial charge >= 0.3 is 5.20 Å². The SMILES string of the molecule is CSc1nc(Cl)c2ccsc2n1.CSc1nc2sccc2c(=O)[nH]1.O=P(Cl)(Cl)Cl. The van der Waals surface area contributed by atoms with Gasteiger partial charge in [0.1, 0.15) is 14.8 Å². The average Bonchev–Trinajstić information content (AvgIpc) is 3.29. The van der Waals surface area contributed by atoms with E-state index < -0.39 is 5.20 Å². The number of fused-ring (bicyclic) bond motifs is 2. The lowest BCUT2D eigenvalue weighted by Crippen LogP contribution is -2.06. The molecule has 0 radical (unpaired) electrons. The lowest BCUT2D eigenvalue weighted by atomic mass is 10.4. The van der Waals surface area contributed by atoms with Gasteiger partial charge in [-0.15, -0.1) is 22.7 Å². The largest absolute Gasteiger partial charge is 0.339 e. The predicted molar refractivity (Wildman–Crippen MR) is 131 cm³/mol. The number of rotatable bonds is 2. The van der Waals surface area contributed by atoms with Crippen molar-refractivity contribution in [1.82, 2.24) is 19.9 Å². The number of nitrogens with one attached hydrogen (secondary N) is 1. The Hall–Kier alpha value is -0.0300. The summed E-state index contributed by atoms with van der Waals surface area (Å²) < 4.78 is 9.51. The van der Waals surface area contributed by atoms with Gasteiger partial charge in [0.2, 0.25) is 0 Å². The molecule has 0 aromatic carbocycles. The second-order valence-corrected chi connectivity index (χ2v) is 15.1. The van der Waals surface area contributed by atoms with Crippen molar-refractivity contribution >= 4 is 117 Å². The maximum Gasteiger partial charge on any atom is 0.339 e. The molecule has 0 aliphatic carbocycles. The number of thiophene rings is 2. The zero-order valence-electron chi connectivity index (χ0n) is 14.6. The molecule has 0 saturated heterocycles. The van der Waals surface area contributed by atoms with Crippen LogP contribution in [0.2, 0.25) is 5.15 Å². The van der Waals surface area contributed by atoms with Crippen molar-refractivity contribution in [2.24, 2.45) is 0 Å². The van der Waals surface area contributed by atoms with Gasteiger partial charge < -0.3 is 4.98 Å². The highest BCUT2D eigenvalue weighted by Crippen LogP contribution is 2.61. The average molecular weight is 568 g/mol. The third kappa shape index (κ3) is 8.20. The summed E-state index contributed by atoms with van der Waals surface area (Å²) in [5.74, 6) is 0. The Bertz CT molecular complexity index is 1200. The predicted octanol–water partition coefficient (Wildman–Crippen LogP) is 7.58. The number of H-pyrrole nitrogens is 1. The van der Waals surface area contributed by atoms with Crippen LogP contribution in [0.5, 0.6) is 0 Å². The van der Waals surface area contributed by atoms with Gasteiger partial charge in [-0.2, -0.15) is 0 Å². The summed E-state index contributed by atoms with van der Waals surface area (Å²) >= 11 is 25.8. The Balaban J connectivity index is 0.000000170. The lowest BCUT2D eigenvalue weighted by molar-refractivity contribution is 0.600. The van der Waals surface area contributed by atoms with Gasteiger partial charge in [-0.25, -0.2) is 15.0 Å². The highest BCUT2D eigenvalue weighted by atomic mass is 36.0. The van der Waals surface area contributed by atoms with Crippen LogP contribution < -0.4 is 5.56 Å². The molecule has 0 unspecified atom stereocenters. The van der Waals surface area contributed by atoms with E-state index in [0.717, 1.165) is 20.2 Å². The van der Waals surface area contributed by atoms with Gasteiger partial charge in [0.15, 0.2) is 10.3 Å². The van der Waals surface area contributed by atoms with Crippen molar-refractivity contribution in [1.29, 1.82) is 0 Å². The first-order valence-corrected chi connectivity index (χ1v) is 16.3. The number of aromatic nitrogens is 4. The highest BCUT2D eigenvalue weighted by molar-refractivity contribution is 8.24. The normalized spacial score (nSPS) is 11.0. The summed E-state index contributed by atoms with van der Waals surface area (Å²) in [6.45, 7) is 0. The van der Waals surface area contributed by atoms with Crippen LogP contribution in [0.1, 0.15) is 0 Å². The summed E-state index contributed by atoms with van der Waals surface area (Å²) in [5.41, 5.74) is -0.0504. The molecule has 0 aliphatic heterocycles. The summed E-state index contributed by atoms with van der Waals surface area (Å²) in [7, 11) is 0. The molecule has 156 valence electrons. The standard InChI is InChI=1S/C7H5ClN2S2.C7H6N2OS2.Cl3OP/c1-11-7-9-5(8)4-2-3-12-6(4)10-7;1-11-7-8-5(10)4-2-3-12-6(4)9-7;1-5(2,3)4/h2-3H,1H3;2-3H,1H3,(H,8,9,10);. The molecule has 0 saturated carbocycles. The van der Waals surface area contributed by atoms with Gasteiger partial charge in [0.25, 0.3) is 5.56 Å². The Morgan fingerprint density at radius 1 is 0.966 bits per heavy atom. The summed E-state index contributed by atoms with van der Waals surface area (Å²) in [6.07, 6.45) is 3.82. The molecule has 4 aromatic rings. The minimum Gasteiger partial charge on any atom is -0.301 e. The number of aromatic amines is 1. The second-order valence-electron chi connectivity index (χ2n) is 4.75. The number of halogens is 4. The molecule has 4 heterocycles. The minimum atomic E-state index is -3.22. The van der Waals surface area contributed by atoms with Crippen LogP contribution in [0.25, 0.3) is 20.4 Å². The fraction of sp³-hybridized carbons (Fsp3) is 0.143. The van der Waals surface area contributed by atoms with Gasteiger partial charge in [0.05, 0.1) is 5.39 Å². The Labute approximate surface area is 201 Å². The third-order valence-electron chi connectivity index (χ3n) is 2.95. The second kappa shape index (κ2) is 11.5. The first kappa shape index (κ1) is 25.2. The van der Waals surface area contributed by atoms with Crippen molar-refractivity contribution < 1.29 is 4.57 Å². The summed E-state index contributed by atoms with van der Waals surface area (Å²) in [5, 5.41) is 4.19. The van der Waals surface area contributed by atoms with E-state index in [9.17, 15) is 9.36 Å². The Kier molecular flexibility index (Phi) is 10.0. The zero-order chi connectivity index (χ0) is 21.6. The monoisotopic (exact) mass is 566 g/mol. The lowest BCUT2D eigenvalue weighted by Gasteiger charge is -1.95. The van der Waals surface area contributed by atoms with Crippen LogP contribution in [-0.2, 0) is 4.57 Å². The fourth-order valence-corrected chi connectivity index (χ4v) is 4.56. The molecule has 4 rings (SSSR count). The molecular weight excluding hydrogens is 557 g/mol. The smallest absolute Gasteiger partial charge is 0.301 e. The number of hydrogen-bond donors (Lipinski definition) is 1. The Morgan fingerprint density at radius 2 is 1.52 bits per heavy atom. The summed E-state index contributed by atoms with van der Waals surface area (Å²) in [6, 6.07) is 3.72. The first-order chi connectivity index (χ1) is 13.6. The van der Waals surface area contributed by atoms with Gasteiger partial charge in [-0.05, 0) is 69.1 Å². The molecular formula is C14H11Cl4N4O2PS4. The Morgan fingerprint density at radius 3 is 2.07 bits per heavy atom. The van der Waals surface area contributed by atoms with Gasteiger partial charge in [0, 0.05) is 5.39 Å². The summed E-state index contributed by atoms with van der Waals surface area (Å²) in [4.78, 5) is 28.4. The number of hydrogen-bond acceptors (Lipinski definition) is 9. The van der Waals surface area contributed by atoms with Crippen LogP contribution in [-0.4, -0.2) is 32.4 Å². The third-order valence-corrected chi connectivity index (χ3v) is 5.98. The first-order valence-electron chi connectivity index (χ1n) is 7.27. The van der Waals surface area contributed by atoms with E-state index in [2.05, 4.69) is 53.7 Å². The van der Waals surface area contributed by atoms with Crippen molar-refractivity contribution in [2.45, 2.75) is 10.3 Å². The molecule has 0 amide bonds. The van der Waals surface area contributed by atoms with E-state index >= 15 is 0 Å². The van der Waals surface area contributed by atoms with Crippen LogP contribution >= 0.6 is 96.7 Å². The molecule has 15 heteroatoms. The van der Waals surface area contributed by atoms with E-state index in [1.807, 2.05) is 29.3 Å². The molecule has 0 bridgehead atoms. The molecule has 0 fully saturated rings.